The van der Waals surface area contributed by atoms with E-state index in [1.54, 1.807) is 13.3 Å². The smallest absolute Gasteiger partial charge is 0.262 e. The number of aliphatic hydroxyl groups excluding tert-OH is 1. The second kappa shape index (κ2) is 10.6. The van der Waals surface area contributed by atoms with E-state index in [-0.39, 0.29) is 12.5 Å². The van der Waals surface area contributed by atoms with Crippen LogP contribution in [0.2, 0.25) is 0 Å². The fourth-order valence-electron chi connectivity index (χ4n) is 4.89. The van der Waals surface area contributed by atoms with Crippen LogP contribution in [-0.2, 0) is 11.3 Å². The predicted molar refractivity (Wildman–Crippen MR) is 132 cm³/mol. The molecule has 2 atom stereocenters. The number of anilines is 1. The van der Waals surface area contributed by atoms with Crippen molar-refractivity contribution in [2.75, 3.05) is 45.2 Å². The number of β-amino-alcohol motifs (C(OH)–C–C–N with tert-alkyl or cyclic N) is 1. The number of para-hydroxylation sites is 1. The molecule has 0 saturated carbocycles. The van der Waals surface area contributed by atoms with E-state index in [1.165, 1.54) is 0 Å². The maximum atomic E-state index is 11.6. The van der Waals surface area contributed by atoms with Gasteiger partial charge in [0.25, 0.3) is 5.91 Å². The number of hydrogen-bond donors (Lipinski definition) is 3. The van der Waals surface area contributed by atoms with Crippen LogP contribution in [0, 0.1) is 5.92 Å². The summed E-state index contributed by atoms with van der Waals surface area (Å²) < 4.78 is 10.7. The first-order valence-corrected chi connectivity index (χ1v) is 12.1. The largest absolute Gasteiger partial charge is 0.482 e. The molecule has 2 aromatic carbocycles. The van der Waals surface area contributed by atoms with E-state index < -0.39 is 6.10 Å². The molecule has 1 fully saturated rings. The zero-order valence-corrected chi connectivity index (χ0v) is 19.9. The lowest BCUT2D eigenvalue weighted by atomic mass is 9.97. The zero-order valence-electron chi connectivity index (χ0n) is 19.9. The molecule has 3 N–H and O–H groups in total. The molecule has 1 aromatic heterocycles. The van der Waals surface area contributed by atoms with Crippen LogP contribution in [0.15, 0.2) is 42.6 Å². The SMILES string of the molecule is COc1cnc2cccc(C(O)CN3CCCC(CNCc4ccc5c(c4)NC(=O)CO5)C3)c2n1. The lowest BCUT2D eigenvalue weighted by Crippen LogP contribution is -2.41. The molecule has 0 radical (unpaired) electrons. The lowest BCUT2D eigenvalue weighted by molar-refractivity contribution is -0.118. The number of rotatable bonds is 8. The first-order chi connectivity index (χ1) is 17.1. The maximum absolute atomic E-state index is 11.6. The van der Waals surface area contributed by atoms with Gasteiger partial charge in [-0.1, -0.05) is 18.2 Å². The Balaban J connectivity index is 1.15. The normalized spacial score (nSPS) is 19.0. The fraction of sp³-hybridized carbons (Fsp3) is 0.423. The summed E-state index contributed by atoms with van der Waals surface area (Å²) in [5.74, 6) is 1.53. The van der Waals surface area contributed by atoms with Crippen LogP contribution in [0.5, 0.6) is 11.6 Å². The van der Waals surface area contributed by atoms with Gasteiger partial charge in [-0.05, 0) is 55.6 Å². The van der Waals surface area contributed by atoms with Crippen molar-refractivity contribution < 1.29 is 19.4 Å². The number of nitrogens with zero attached hydrogens (tertiary/aromatic N) is 3. The van der Waals surface area contributed by atoms with Crippen molar-refractivity contribution in [3.8, 4) is 11.6 Å². The molecule has 9 heteroatoms. The summed E-state index contributed by atoms with van der Waals surface area (Å²) in [5.41, 5.74) is 4.04. The average Bonchev–Trinajstić information content (AvgIpc) is 2.88. The third-order valence-corrected chi connectivity index (χ3v) is 6.62. The Kier molecular flexibility index (Phi) is 7.08. The highest BCUT2D eigenvalue weighted by Gasteiger charge is 2.23. The third-order valence-electron chi connectivity index (χ3n) is 6.62. The first-order valence-electron chi connectivity index (χ1n) is 12.1. The van der Waals surface area contributed by atoms with Gasteiger partial charge in [0.2, 0.25) is 5.88 Å². The van der Waals surface area contributed by atoms with Gasteiger partial charge >= 0.3 is 0 Å². The van der Waals surface area contributed by atoms with Crippen molar-refractivity contribution in [3.05, 3.63) is 53.7 Å². The molecule has 0 aliphatic carbocycles. The third kappa shape index (κ3) is 5.53. The molecule has 0 spiro atoms. The van der Waals surface area contributed by atoms with Crippen molar-refractivity contribution in [1.82, 2.24) is 20.2 Å². The Labute approximate surface area is 204 Å². The molecule has 5 rings (SSSR count). The molecular formula is C26H31N5O4. The molecular weight excluding hydrogens is 446 g/mol. The van der Waals surface area contributed by atoms with Crippen molar-refractivity contribution in [2.24, 2.45) is 5.92 Å². The zero-order chi connectivity index (χ0) is 24.2. The number of likely N-dealkylation sites (tertiary alicyclic amines) is 1. The highest BCUT2D eigenvalue weighted by molar-refractivity contribution is 5.95. The van der Waals surface area contributed by atoms with Crippen molar-refractivity contribution in [2.45, 2.75) is 25.5 Å². The van der Waals surface area contributed by atoms with Crippen LogP contribution in [0.4, 0.5) is 5.69 Å². The maximum Gasteiger partial charge on any atom is 0.262 e. The van der Waals surface area contributed by atoms with Gasteiger partial charge in [-0.25, -0.2) is 9.97 Å². The highest BCUT2D eigenvalue weighted by Crippen LogP contribution is 2.29. The topological polar surface area (TPSA) is 109 Å². The highest BCUT2D eigenvalue weighted by atomic mass is 16.5. The second-order valence-corrected chi connectivity index (χ2v) is 9.21. The molecule has 9 nitrogen and oxygen atoms in total. The van der Waals surface area contributed by atoms with E-state index in [4.69, 9.17) is 9.47 Å². The van der Waals surface area contributed by atoms with E-state index in [1.807, 2.05) is 36.4 Å². The first kappa shape index (κ1) is 23.5. The van der Waals surface area contributed by atoms with Crippen LogP contribution >= 0.6 is 0 Å². The Morgan fingerprint density at radius 2 is 2.26 bits per heavy atom. The van der Waals surface area contributed by atoms with Gasteiger partial charge in [0.1, 0.15) is 5.75 Å². The molecule has 2 unspecified atom stereocenters. The number of methoxy groups -OCH3 is 1. The van der Waals surface area contributed by atoms with E-state index in [2.05, 4.69) is 25.5 Å². The van der Waals surface area contributed by atoms with Crippen LogP contribution in [0.3, 0.4) is 0 Å². The predicted octanol–water partition coefficient (Wildman–Crippen LogP) is 2.50. The standard InChI is InChI=1S/C26H31N5O4/c1-34-25-13-28-20-6-2-5-19(26(20)30-25)22(32)15-31-9-3-4-18(14-31)12-27-11-17-7-8-23-21(10-17)29-24(33)16-35-23/h2,5-8,10,13,18,22,27,32H,3-4,9,11-12,14-16H2,1H3,(H,29,33). The van der Waals surface area contributed by atoms with Gasteiger partial charge < -0.3 is 30.1 Å². The summed E-state index contributed by atoms with van der Waals surface area (Å²) in [6, 6.07) is 11.6. The summed E-state index contributed by atoms with van der Waals surface area (Å²) in [4.78, 5) is 22.8. The number of aliphatic hydroxyl groups is 1. The summed E-state index contributed by atoms with van der Waals surface area (Å²) in [6.45, 7) is 4.14. The van der Waals surface area contributed by atoms with Crippen molar-refractivity contribution in [1.29, 1.82) is 0 Å². The monoisotopic (exact) mass is 477 g/mol. The quantitative estimate of drug-likeness (QED) is 0.454. The molecule has 0 bridgehead atoms. The number of nitrogens with one attached hydrogen (secondary N) is 2. The minimum absolute atomic E-state index is 0.0690. The number of benzene rings is 2. The van der Waals surface area contributed by atoms with Gasteiger partial charge in [-0.15, -0.1) is 0 Å². The van der Waals surface area contributed by atoms with E-state index in [9.17, 15) is 9.90 Å². The summed E-state index contributed by atoms with van der Waals surface area (Å²) in [6.07, 6.45) is 3.20. The number of carbonyl (C=O) groups excluding carboxylic acids is 1. The number of fused-ring (bicyclic) bond motifs is 2. The average molecular weight is 478 g/mol. The van der Waals surface area contributed by atoms with Crippen molar-refractivity contribution in [3.63, 3.8) is 0 Å². The Bertz CT molecular complexity index is 1200. The van der Waals surface area contributed by atoms with Crippen LogP contribution in [-0.4, -0.2) is 65.8 Å². The molecule has 1 amide bonds. The lowest BCUT2D eigenvalue weighted by Gasteiger charge is -2.34. The van der Waals surface area contributed by atoms with Gasteiger partial charge in [-0.3, -0.25) is 4.79 Å². The minimum Gasteiger partial charge on any atom is -0.482 e. The second-order valence-electron chi connectivity index (χ2n) is 9.21. The van der Waals surface area contributed by atoms with Gasteiger partial charge in [-0.2, -0.15) is 0 Å². The van der Waals surface area contributed by atoms with Gasteiger partial charge in [0.05, 0.1) is 36.1 Å². The van der Waals surface area contributed by atoms with Crippen LogP contribution < -0.4 is 20.1 Å². The summed E-state index contributed by atoms with van der Waals surface area (Å²) in [7, 11) is 1.56. The Morgan fingerprint density at radius 3 is 3.14 bits per heavy atom. The van der Waals surface area contributed by atoms with Gasteiger partial charge in [0.15, 0.2) is 6.61 Å². The van der Waals surface area contributed by atoms with E-state index in [0.29, 0.717) is 29.6 Å². The van der Waals surface area contributed by atoms with Crippen LogP contribution in [0.1, 0.15) is 30.1 Å². The fourth-order valence-corrected chi connectivity index (χ4v) is 4.89. The molecule has 2 aliphatic heterocycles. The number of hydrogen-bond acceptors (Lipinski definition) is 8. The Morgan fingerprint density at radius 1 is 1.34 bits per heavy atom. The van der Waals surface area contributed by atoms with Crippen molar-refractivity contribution >= 4 is 22.6 Å². The summed E-state index contributed by atoms with van der Waals surface area (Å²) >= 11 is 0. The van der Waals surface area contributed by atoms with Crippen LogP contribution in [0.25, 0.3) is 11.0 Å². The van der Waals surface area contributed by atoms with Gasteiger partial charge in [0, 0.05) is 25.2 Å². The molecule has 2 aliphatic rings. The number of carbonyl (C=O) groups is 1. The van der Waals surface area contributed by atoms with E-state index in [0.717, 1.165) is 61.4 Å². The molecule has 3 heterocycles. The number of amides is 1. The number of aromatic nitrogens is 2. The number of piperidine rings is 1. The minimum atomic E-state index is -0.653. The summed E-state index contributed by atoms with van der Waals surface area (Å²) in [5, 5.41) is 17.5. The van der Waals surface area contributed by atoms with E-state index >= 15 is 0 Å². The number of ether oxygens (including phenoxy) is 2. The molecule has 184 valence electrons. The Hall–Kier alpha value is -3.27. The molecule has 35 heavy (non-hydrogen) atoms. The molecule has 1 saturated heterocycles. The molecule has 3 aromatic rings.